The van der Waals surface area contributed by atoms with Crippen molar-refractivity contribution in [1.82, 2.24) is 4.31 Å². The molecule has 0 aromatic carbocycles. The van der Waals surface area contributed by atoms with Crippen LogP contribution >= 0.6 is 0 Å². The Kier molecular flexibility index (Phi) is 4.70. The van der Waals surface area contributed by atoms with Gasteiger partial charge in [0.2, 0.25) is 10.0 Å². The fourth-order valence-corrected chi connectivity index (χ4v) is 4.24. The van der Waals surface area contributed by atoms with Crippen LogP contribution in [0.2, 0.25) is 0 Å². The number of sulfonamides is 1. The third-order valence-corrected chi connectivity index (χ3v) is 5.59. The van der Waals surface area contributed by atoms with Crippen molar-refractivity contribution in [1.29, 1.82) is 5.26 Å². The number of rotatable bonds is 5. The zero-order valence-corrected chi connectivity index (χ0v) is 10.5. The van der Waals surface area contributed by atoms with Crippen LogP contribution in [0.3, 0.4) is 0 Å². The maximum Gasteiger partial charge on any atom is 0.228 e. The molecule has 15 heavy (non-hydrogen) atoms. The van der Waals surface area contributed by atoms with E-state index in [1.54, 1.807) is 6.92 Å². The molecule has 8 heteroatoms. The smallest absolute Gasteiger partial charge is 0.228 e. The fraction of sp³-hybridized carbons (Fsp3) is 0.857. The lowest BCUT2D eigenvalue weighted by atomic mass is 10.2. The molecule has 6 nitrogen and oxygen atoms in total. The Morgan fingerprint density at radius 3 is 2.13 bits per heavy atom. The van der Waals surface area contributed by atoms with Gasteiger partial charge in [0.1, 0.15) is 0 Å². The normalized spacial score (nSPS) is 14.9. The predicted molar refractivity (Wildman–Crippen MR) is 56.0 cm³/mol. The van der Waals surface area contributed by atoms with E-state index in [0.29, 0.717) is 0 Å². The van der Waals surface area contributed by atoms with Crippen LogP contribution in [0.4, 0.5) is 0 Å². The highest BCUT2D eigenvalue weighted by Gasteiger charge is 2.24. The van der Waals surface area contributed by atoms with Crippen molar-refractivity contribution in [3.05, 3.63) is 0 Å². The van der Waals surface area contributed by atoms with Crippen LogP contribution in [-0.2, 0) is 19.9 Å². The van der Waals surface area contributed by atoms with Gasteiger partial charge >= 0.3 is 0 Å². The van der Waals surface area contributed by atoms with Crippen molar-refractivity contribution < 1.29 is 16.8 Å². The first-order valence-corrected chi connectivity index (χ1v) is 7.77. The second-order valence-corrected chi connectivity index (χ2v) is 8.05. The molecule has 0 aromatic heterocycles. The largest absolute Gasteiger partial charge is 0.228 e. The number of nitriles is 1. The summed E-state index contributed by atoms with van der Waals surface area (Å²) >= 11 is 0. The Hall–Kier alpha value is -0.650. The predicted octanol–water partition coefficient (Wildman–Crippen LogP) is -0.590. The van der Waals surface area contributed by atoms with E-state index in [9.17, 15) is 16.8 Å². The van der Waals surface area contributed by atoms with E-state index in [1.807, 2.05) is 6.07 Å². The molecule has 0 radical (unpaired) electrons. The molecule has 1 atom stereocenters. The molecular formula is C7H14N2O4S2. The fourth-order valence-electron chi connectivity index (χ4n) is 0.901. The third-order valence-electron chi connectivity index (χ3n) is 1.59. The first kappa shape index (κ1) is 14.3. The summed E-state index contributed by atoms with van der Waals surface area (Å²) in [6.07, 6.45) is 0.853. The van der Waals surface area contributed by atoms with E-state index < -0.39 is 30.9 Å². The maximum atomic E-state index is 11.4. The molecule has 0 saturated heterocycles. The summed E-state index contributed by atoms with van der Waals surface area (Å²) < 4.78 is 45.4. The van der Waals surface area contributed by atoms with Gasteiger partial charge in [0.25, 0.3) is 0 Å². The number of sulfone groups is 1. The molecule has 0 aliphatic carbocycles. The Bertz CT molecular complexity index is 446. The lowest BCUT2D eigenvalue weighted by Crippen LogP contribution is -2.34. The van der Waals surface area contributed by atoms with Gasteiger partial charge < -0.3 is 0 Å². The molecule has 0 N–H and O–H groups in total. The quantitative estimate of drug-likeness (QED) is 0.653. The zero-order valence-electron chi connectivity index (χ0n) is 8.84. The average molecular weight is 254 g/mol. The highest BCUT2D eigenvalue weighted by atomic mass is 32.3. The minimum Gasteiger partial charge on any atom is -0.228 e. The van der Waals surface area contributed by atoms with Crippen LogP contribution in [0, 0.1) is 17.2 Å². The molecule has 0 aliphatic heterocycles. The van der Waals surface area contributed by atoms with E-state index in [2.05, 4.69) is 0 Å². The molecule has 1 unspecified atom stereocenters. The molecule has 0 amide bonds. The Balaban J connectivity index is 4.70. The second-order valence-electron chi connectivity index (χ2n) is 3.47. The molecule has 0 spiro atoms. The summed E-state index contributed by atoms with van der Waals surface area (Å²) in [6.45, 7) is 1.56. The van der Waals surface area contributed by atoms with Gasteiger partial charge in [0, 0.05) is 19.8 Å². The molecule has 0 aromatic rings. The Morgan fingerprint density at radius 1 is 1.33 bits per heavy atom. The number of nitrogens with zero attached hydrogens (tertiary/aromatic N) is 2. The van der Waals surface area contributed by atoms with Crippen molar-refractivity contribution in [3.8, 4) is 6.07 Å². The second kappa shape index (κ2) is 4.92. The van der Waals surface area contributed by atoms with Gasteiger partial charge in [-0.15, -0.1) is 0 Å². The molecule has 0 saturated carbocycles. The van der Waals surface area contributed by atoms with Gasteiger partial charge in [0.15, 0.2) is 14.9 Å². The first-order valence-electron chi connectivity index (χ1n) is 4.10. The molecule has 88 valence electrons. The minimum atomic E-state index is -3.83. The molecule has 0 fully saturated rings. The minimum absolute atomic E-state index is 0.00560. The van der Waals surface area contributed by atoms with Crippen LogP contribution in [-0.4, -0.2) is 46.1 Å². The van der Waals surface area contributed by atoms with Crippen molar-refractivity contribution >= 4 is 19.9 Å². The summed E-state index contributed by atoms with van der Waals surface area (Å²) in [5.74, 6) is -0.468. The SMILES string of the molecule is CC(C#N)CN(C)S(=O)(=O)CS(C)(=O)=O. The highest BCUT2D eigenvalue weighted by Crippen LogP contribution is 2.05. The Labute approximate surface area is 90.5 Å². The topological polar surface area (TPSA) is 95.3 Å². The van der Waals surface area contributed by atoms with E-state index in [0.717, 1.165) is 10.6 Å². The zero-order chi connectivity index (χ0) is 12.3. The van der Waals surface area contributed by atoms with Crippen molar-refractivity contribution in [3.63, 3.8) is 0 Å². The van der Waals surface area contributed by atoms with Gasteiger partial charge in [0.05, 0.1) is 12.0 Å². The monoisotopic (exact) mass is 254 g/mol. The molecular weight excluding hydrogens is 240 g/mol. The standard InChI is InChI=1S/C7H14N2O4S2/c1-7(4-8)5-9(2)15(12,13)6-14(3,10)11/h7H,5-6H2,1-3H3. The van der Waals surface area contributed by atoms with Gasteiger partial charge in [-0.05, 0) is 6.92 Å². The lowest BCUT2D eigenvalue weighted by Gasteiger charge is -2.17. The molecule has 0 bridgehead atoms. The number of hydrogen-bond acceptors (Lipinski definition) is 5. The third kappa shape index (κ3) is 5.71. The number of hydrogen-bond donors (Lipinski definition) is 0. The van der Waals surface area contributed by atoms with Gasteiger partial charge in [-0.3, -0.25) is 0 Å². The van der Waals surface area contributed by atoms with E-state index in [-0.39, 0.29) is 6.54 Å². The molecule has 0 aliphatic rings. The Morgan fingerprint density at radius 2 is 1.80 bits per heavy atom. The molecule has 0 rings (SSSR count). The molecule has 0 heterocycles. The van der Waals surface area contributed by atoms with E-state index in [4.69, 9.17) is 5.26 Å². The summed E-state index contributed by atoms with van der Waals surface area (Å²) in [5.41, 5.74) is 0. The van der Waals surface area contributed by atoms with Crippen LogP contribution in [0.15, 0.2) is 0 Å². The first-order chi connectivity index (χ1) is 6.58. The summed E-state index contributed by atoms with van der Waals surface area (Å²) in [4.78, 5) is 0. The van der Waals surface area contributed by atoms with E-state index in [1.165, 1.54) is 7.05 Å². The van der Waals surface area contributed by atoms with Crippen molar-refractivity contribution in [2.45, 2.75) is 6.92 Å². The van der Waals surface area contributed by atoms with Crippen molar-refractivity contribution in [2.24, 2.45) is 5.92 Å². The summed E-state index contributed by atoms with van der Waals surface area (Å²) in [7, 11) is -6.15. The van der Waals surface area contributed by atoms with Gasteiger partial charge in [-0.2, -0.15) is 5.26 Å². The summed E-state index contributed by atoms with van der Waals surface area (Å²) in [5, 5.41) is 7.57. The van der Waals surface area contributed by atoms with Crippen molar-refractivity contribution in [2.75, 3.05) is 24.9 Å². The average Bonchev–Trinajstić information content (AvgIpc) is 1.99. The lowest BCUT2D eigenvalue weighted by molar-refractivity contribution is 0.442. The highest BCUT2D eigenvalue weighted by molar-refractivity contribution is 8.06. The van der Waals surface area contributed by atoms with Gasteiger partial charge in [-0.25, -0.2) is 21.1 Å². The van der Waals surface area contributed by atoms with Gasteiger partial charge in [-0.1, -0.05) is 0 Å². The maximum absolute atomic E-state index is 11.4. The van der Waals surface area contributed by atoms with Crippen LogP contribution < -0.4 is 0 Å². The van der Waals surface area contributed by atoms with Crippen LogP contribution in [0.5, 0.6) is 0 Å². The van der Waals surface area contributed by atoms with Crippen LogP contribution in [0.25, 0.3) is 0 Å². The van der Waals surface area contributed by atoms with E-state index >= 15 is 0 Å². The summed E-state index contributed by atoms with van der Waals surface area (Å²) in [6, 6.07) is 1.88. The van der Waals surface area contributed by atoms with Crippen LogP contribution in [0.1, 0.15) is 6.92 Å².